The van der Waals surface area contributed by atoms with Crippen molar-refractivity contribution in [2.75, 3.05) is 13.1 Å². The summed E-state index contributed by atoms with van der Waals surface area (Å²) in [6, 6.07) is 0. The lowest BCUT2D eigenvalue weighted by atomic mass is 10.0. The molecule has 0 saturated heterocycles. The molecule has 1 amide bonds. The van der Waals surface area contributed by atoms with Crippen molar-refractivity contribution < 1.29 is 14.3 Å². The molecule has 18 heavy (non-hydrogen) atoms. The van der Waals surface area contributed by atoms with Gasteiger partial charge in [-0.2, -0.15) is 4.79 Å². The summed E-state index contributed by atoms with van der Waals surface area (Å²) < 4.78 is 5.30. The summed E-state index contributed by atoms with van der Waals surface area (Å²) in [6.07, 6.45) is 3.02. The third-order valence-corrected chi connectivity index (χ3v) is 2.69. The van der Waals surface area contributed by atoms with E-state index in [0.717, 1.165) is 5.57 Å². The van der Waals surface area contributed by atoms with Crippen LogP contribution in [0.2, 0.25) is 0 Å². The smallest absolute Gasteiger partial charge is 0.410 e. The standard InChI is InChI=1S/C13H21N3O2/c1-5-11(15-14)10-6-8-16(9-7-10)12(17)18-13(2,3)4/h6H,5,7-9H2,1-4H3. The van der Waals surface area contributed by atoms with Crippen LogP contribution in [0.1, 0.15) is 40.5 Å². The maximum absolute atomic E-state index is 11.8. The Morgan fingerprint density at radius 2 is 2.22 bits per heavy atom. The summed E-state index contributed by atoms with van der Waals surface area (Å²) in [5.41, 5.74) is 10.1. The average Bonchev–Trinajstić information content (AvgIpc) is 2.29. The normalized spacial score (nSPS) is 15.8. The minimum atomic E-state index is -0.470. The first-order valence-corrected chi connectivity index (χ1v) is 6.25. The van der Waals surface area contributed by atoms with E-state index in [-0.39, 0.29) is 6.09 Å². The monoisotopic (exact) mass is 251 g/mol. The quantitative estimate of drug-likeness (QED) is 0.430. The summed E-state index contributed by atoms with van der Waals surface area (Å²) in [5, 5.41) is 0. The third kappa shape index (κ3) is 4.00. The van der Waals surface area contributed by atoms with Gasteiger partial charge in [0.05, 0.1) is 0 Å². The number of amides is 1. The molecule has 0 aromatic carbocycles. The van der Waals surface area contributed by atoms with E-state index in [0.29, 0.717) is 31.6 Å². The fraction of sp³-hybridized carbons (Fsp3) is 0.692. The second kappa shape index (κ2) is 5.83. The Bertz CT molecular complexity index is 401. The fourth-order valence-electron chi connectivity index (χ4n) is 1.79. The molecule has 1 heterocycles. The van der Waals surface area contributed by atoms with Gasteiger partial charge in [0.1, 0.15) is 5.60 Å². The molecule has 0 bridgehead atoms. The Hall–Kier alpha value is -1.61. The molecule has 0 atom stereocenters. The average molecular weight is 251 g/mol. The van der Waals surface area contributed by atoms with E-state index in [1.54, 1.807) is 4.90 Å². The van der Waals surface area contributed by atoms with Crippen molar-refractivity contribution >= 4 is 11.8 Å². The number of hydrogen-bond donors (Lipinski definition) is 0. The van der Waals surface area contributed by atoms with Gasteiger partial charge in [-0.15, -0.1) is 0 Å². The van der Waals surface area contributed by atoms with Gasteiger partial charge in [-0.25, -0.2) is 4.79 Å². The highest BCUT2D eigenvalue weighted by Crippen LogP contribution is 2.16. The maximum atomic E-state index is 11.8. The highest BCUT2D eigenvalue weighted by atomic mass is 16.6. The topological polar surface area (TPSA) is 65.9 Å². The molecule has 0 fully saturated rings. The summed E-state index contributed by atoms with van der Waals surface area (Å²) in [4.78, 5) is 16.7. The minimum absolute atomic E-state index is 0.295. The number of nitrogens with zero attached hydrogens (tertiary/aromatic N) is 3. The van der Waals surface area contributed by atoms with Crippen molar-refractivity contribution in [1.82, 2.24) is 4.90 Å². The first-order chi connectivity index (χ1) is 8.37. The van der Waals surface area contributed by atoms with Crippen molar-refractivity contribution in [3.8, 4) is 0 Å². The minimum Gasteiger partial charge on any atom is -0.444 e. The molecular weight excluding hydrogens is 230 g/mol. The van der Waals surface area contributed by atoms with E-state index in [1.807, 2.05) is 33.8 Å². The lowest BCUT2D eigenvalue weighted by molar-refractivity contribution is -0.00781. The van der Waals surface area contributed by atoms with Gasteiger partial charge in [0.2, 0.25) is 0 Å². The van der Waals surface area contributed by atoms with Crippen LogP contribution in [0.3, 0.4) is 0 Å². The molecule has 0 N–H and O–H groups in total. The summed E-state index contributed by atoms with van der Waals surface area (Å²) in [7, 11) is 0. The number of carbonyl (C=O) groups excluding carboxylic acids is 1. The van der Waals surface area contributed by atoms with Crippen molar-refractivity contribution in [2.24, 2.45) is 0 Å². The zero-order valence-electron chi connectivity index (χ0n) is 11.6. The van der Waals surface area contributed by atoms with Gasteiger partial charge in [0.15, 0.2) is 0 Å². The van der Waals surface area contributed by atoms with Crippen LogP contribution >= 0.6 is 0 Å². The lowest BCUT2D eigenvalue weighted by Crippen LogP contribution is -2.39. The number of ether oxygens (including phenoxy) is 1. The second-order valence-corrected chi connectivity index (χ2v) is 5.31. The van der Waals surface area contributed by atoms with Gasteiger partial charge >= 0.3 is 6.09 Å². The summed E-state index contributed by atoms with van der Waals surface area (Å²) >= 11 is 0. The molecule has 5 heteroatoms. The molecule has 0 aromatic rings. The molecule has 1 aliphatic heterocycles. The molecular formula is C13H21N3O2. The van der Waals surface area contributed by atoms with Crippen LogP contribution < -0.4 is 0 Å². The largest absolute Gasteiger partial charge is 0.444 e. The molecule has 0 unspecified atom stereocenters. The molecule has 1 rings (SSSR count). The van der Waals surface area contributed by atoms with Crippen LogP contribution in [-0.4, -0.2) is 40.2 Å². The van der Waals surface area contributed by atoms with Crippen LogP contribution in [-0.2, 0) is 4.74 Å². The van der Waals surface area contributed by atoms with Gasteiger partial charge < -0.3 is 15.2 Å². The first kappa shape index (κ1) is 14.5. The van der Waals surface area contributed by atoms with Crippen molar-refractivity contribution in [1.29, 1.82) is 0 Å². The Balaban J connectivity index is 2.63. The maximum Gasteiger partial charge on any atom is 0.410 e. The molecule has 1 aliphatic rings. The van der Waals surface area contributed by atoms with E-state index in [9.17, 15) is 4.79 Å². The Labute approximate surface area is 108 Å². The molecule has 0 saturated carbocycles. The van der Waals surface area contributed by atoms with Crippen molar-refractivity contribution in [2.45, 2.75) is 46.1 Å². The highest BCUT2D eigenvalue weighted by Gasteiger charge is 2.25. The van der Waals surface area contributed by atoms with E-state index >= 15 is 0 Å². The van der Waals surface area contributed by atoms with Crippen molar-refractivity contribution in [3.05, 3.63) is 17.2 Å². The third-order valence-electron chi connectivity index (χ3n) is 2.69. The SMILES string of the molecule is CCC(=[N+]=[N-])C1=CCN(C(=O)OC(C)(C)C)CC1. The molecule has 0 radical (unpaired) electrons. The molecule has 0 aromatic heterocycles. The van der Waals surface area contributed by atoms with E-state index in [2.05, 4.69) is 4.79 Å². The van der Waals surface area contributed by atoms with Gasteiger partial charge in [0.25, 0.3) is 5.71 Å². The van der Waals surface area contributed by atoms with Gasteiger partial charge in [-0.1, -0.05) is 13.0 Å². The Morgan fingerprint density at radius 3 is 2.61 bits per heavy atom. The zero-order valence-corrected chi connectivity index (χ0v) is 11.6. The molecule has 5 nitrogen and oxygen atoms in total. The zero-order chi connectivity index (χ0) is 13.8. The van der Waals surface area contributed by atoms with Crippen molar-refractivity contribution in [3.63, 3.8) is 0 Å². The van der Waals surface area contributed by atoms with E-state index in [1.165, 1.54) is 0 Å². The van der Waals surface area contributed by atoms with Crippen LogP contribution in [0.15, 0.2) is 11.6 Å². The number of carbonyl (C=O) groups is 1. The predicted octanol–water partition coefficient (Wildman–Crippen LogP) is 2.63. The van der Waals surface area contributed by atoms with E-state index in [4.69, 9.17) is 10.3 Å². The van der Waals surface area contributed by atoms with Crippen LogP contribution in [0.5, 0.6) is 0 Å². The van der Waals surface area contributed by atoms with Gasteiger partial charge in [-0.05, 0) is 27.2 Å². The molecule has 100 valence electrons. The van der Waals surface area contributed by atoms with Crippen LogP contribution in [0.4, 0.5) is 4.79 Å². The van der Waals surface area contributed by atoms with Gasteiger partial charge in [-0.3, -0.25) is 0 Å². The van der Waals surface area contributed by atoms with Crippen LogP contribution in [0, 0.1) is 0 Å². The number of hydrogen-bond acceptors (Lipinski definition) is 2. The van der Waals surface area contributed by atoms with Gasteiger partial charge in [0, 0.05) is 25.1 Å². The van der Waals surface area contributed by atoms with Crippen LogP contribution in [0.25, 0.3) is 5.53 Å². The Kier molecular flexibility index (Phi) is 4.68. The second-order valence-electron chi connectivity index (χ2n) is 5.31. The molecule has 0 spiro atoms. The fourth-order valence-corrected chi connectivity index (χ4v) is 1.79. The molecule has 0 aliphatic carbocycles. The number of rotatable bonds is 2. The lowest BCUT2D eigenvalue weighted by Gasteiger charge is -2.28. The summed E-state index contributed by atoms with van der Waals surface area (Å²) in [6.45, 7) is 8.59. The highest BCUT2D eigenvalue weighted by molar-refractivity contribution is 5.95. The first-order valence-electron chi connectivity index (χ1n) is 6.25. The summed E-state index contributed by atoms with van der Waals surface area (Å²) in [5.74, 6) is 0. The Morgan fingerprint density at radius 1 is 1.56 bits per heavy atom. The predicted molar refractivity (Wildman–Crippen MR) is 69.4 cm³/mol. The van der Waals surface area contributed by atoms with E-state index < -0.39 is 5.60 Å².